The third kappa shape index (κ3) is 3.69. The number of ether oxygens (including phenoxy) is 2. The summed E-state index contributed by atoms with van der Waals surface area (Å²) in [5, 5.41) is 2.18. The van der Waals surface area contributed by atoms with Crippen LogP contribution in [0.25, 0.3) is 32.9 Å². The summed E-state index contributed by atoms with van der Waals surface area (Å²) < 4.78 is 14.3. The van der Waals surface area contributed by atoms with Crippen LogP contribution in [0.15, 0.2) is 36.4 Å². The highest BCUT2D eigenvalue weighted by Gasteiger charge is 2.28. The van der Waals surface area contributed by atoms with Gasteiger partial charge in [-0.15, -0.1) is 0 Å². The Morgan fingerprint density at radius 1 is 0.618 bits per heavy atom. The van der Waals surface area contributed by atoms with E-state index in [1.165, 1.54) is 22.3 Å². The SMILES string of the molecule is COc1cc(N(C)C)cc2c1c(-c1c(C)cc(C)cc1C)c1c(OC)cc(N(C)C)cc1[n+]2C. The first-order valence-corrected chi connectivity index (χ1v) is 11.6. The smallest absolute Gasteiger partial charge is 0.219 e. The van der Waals surface area contributed by atoms with Crippen molar-refractivity contribution in [1.29, 1.82) is 0 Å². The maximum absolute atomic E-state index is 6.03. The van der Waals surface area contributed by atoms with Crippen LogP contribution in [0.5, 0.6) is 11.5 Å². The number of benzene rings is 3. The molecule has 0 bridgehead atoms. The molecule has 0 saturated carbocycles. The lowest BCUT2D eigenvalue weighted by Gasteiger charge is -2.22. The van der Waals surface area contributed by atoms with Crippen LogP contribution in [0.2, 0.25) is 0 Å². The maximum atomic E-state index is 6.03. The quantitative estimate of drug-likeness (QED) is 0.289. The lowest BCUT2D eigenvalue weighted by Crippen LogP contribution is -2.31. The van der Waals surface area contributed by atoms with Gasteiger partial charge < -0.3 is 19.3 Å². The number of aryl methyl sites for hydroxylation is 4. The Morgan fingerprint density at radius 2 is 1.03 bits per heavy atom. The fourth-order valence-electron chi connectivity index (χ4n) is 5.12. The number of aromatic nitrogens is 1. The zero-order valence-electron chi connectivity index (χ0n) is 22.1. The zero-order valence-corrected chi connectivity index (χ0v) is 22.1. The molecule has 0 radical (unpaired) electrons. The average molecular weight is 459 g/mol. The van der Waals surface area contributed by atoms with Crippen LogP contribution in [0.3, 0.4) is 0 Å². The van der Waals surface area contributed by atoms with E-state index < -0.39 is 0 Å². The summed E-state index contributed by atoms with van der Waals surface area (Å²) in [7, 11) is 13.9. The first-order chi connectivity index (χ1) is 16.1. The van der Waals surface area contributed by atoms with Gasteiger partial charge in [0, 0.05) is 69.4 Å². The van der Waals surface area contributed by atoms with E-state index in [-0.39, 0.29) is 0 Å². The van der Waals surface area contributed by atoms with E-state index in [0.29, 0.717) is 0 Å². The van der Waals surface area contributed by atoms with Crippen LogP contribution >= 0.6 is 0 Å². The van der Waals surface area contributed by atoms with Crippen molar-refractivity contribution < 1.29 is 14.0 Å². The minimum absolute atomic E-state index is 0.854. The minimum atomic E-state index is 0.854. The summed E-state index contributed by atoms with van der Waals surface area (Å²) in [5.74, 6) is 1.71. The molecule has 5 nitrogen and oxygen atoms in total. The molecule has 1 aromatic heterocycles. The molecule has 0 fully saturated rings. The summed E-state index contributed by atoms with van der Waals surface area (Å²) in [6, 6.07) is 13.2. The standard InChI is InChI=1S/C29H36N3O2/c1-17-11-18(2)26(19(3)12-17)29-27-22(13-20(30(4)5)15-24(27)33-9)32(8)23-14-21(31(6)7)16-25(34-10)28(23)29/h11-16H,1-10H3/q+1. The molecule has 4 rings (SSSR count). The molecular formula is C29H36N3O2+. The predicted molar refractivity (Wildman–Crippen MR) is 144 cm³/mol. The van der Waals surface area contributed by atoms with E-state index in [9.17, 15) is 0 Å². The largest absolute Gasteiger partial charge is 0.496 e. The Labute approximate surface area is 203 Å². The molecule has 0 saturated heterocycles. The molecule has 0 amide bonds. The first kappa shape index (κ1) is 23.7. The van der Waals surface area contributed by atoms with Gasteiger partial charge >= 0.3 is 0 Å². The lowest BCUT2D eigenvalue weighted by molar-refractivity contribution is -0.617. The van der Waals surface area contributed by atoms with Crippen LogP contribution in [-0.4, -0.2) is 42.4 Å². The Bertz CT molecular complexity index is 1320. The Morgan fingerprint density at radius 3 is 1.38 bits per heavy atom. The van der Waals surface area contributed by atoms with Crippen LogP contribution in [0.1, 0.15) is 16.7 Å². The monoisotopic (exact) mass is 458 g/mol. The van der Waals surface area contributed by atoms with Crippen LogP contribution in [0, 0.1) is 20.8 Å². The number of methoxy groups -OCH3 is 2. The molecule has 0 aliphatic carbocycles. The van der Waals surface area contributed by atoms with E-state index >= 15 is 0 Å². The number of pyridine rings is 1. The predicted octanol–water partition coefficient (Wildman–Crippen LogP) is 5.56. The van der Waals surface area contributed by atoms with Crippen molar-refractivity contribution in [2.45, 2.75) is 20.8 Å². The second-order valence-corrected chi connectivity index (χ2v) is 9.58. The second kappa shape index (κ2) is 8.71. The molecule has 4 aromatic rings. The maximum Gasteiger partial charge on any atom is 0.219 e. The van der Waals surface area contributed by atoms with Crippen molar-refractivity contribution in [3.05, 3.63) is 53.1 Å². The highest BCUT2D eigenvalue weighted by Crippen LogP contribution is 2.46. The number of nitrogens with zero attached hydrogens (tertiary/aromatic N) is 3. The Balaban J connectivity index is 2.38. The van der Waals surface area contributed by atoms with Crippen molar-refractivity contribution in [1.82, 2.24) is 0 Å². The number of hydrogen-bond acceptors (Lipinski definition) is 4. The normalized spacial score (nSPS) is 11.2. The third-order valence-corrected chi connectivity index (χ3v) is 6.75. The fraction of sp³-hybridized carbons (Fsp3) is 0.345. The number of rotatable bonds is 5. The number of hydrogen-bond donors (Lipinski definition) is 0. The van der Waals surface area contributed by atoms with Gasteiger partial charge in [-0.3, -0.25) is 0 Å². The van der Waals surface area contributed by atoms with E-state index in [2.05, 4.69) is 107 Å². The fourth-order valence-corrected chi connectivity index (χ4v) is 5.12. The van der Waals surface area contributed by atoms with Gasteiger partial charge in [0.05, 0.1) is 25.0 Å². The third-order valence-electron chi connectivity index (χ3n) is 6.75. The van der Waals surface area contributed by atoms with E-state index in [1.807, 2.05) is 0 Å². The Kier molecular flexibility index (Phi) is 6.07. The molecule has 0 spiro atoms. The van der Waals surface area contributed by atoms with Crippen molar-refractivity contribution in [3.8, 4) is 22.6 Å². The van der Waals surface area contributed by atoms with Crippen molar-refractivity contribution in [3.63, 3.8) is 0 Å². The number of fused-ring (bicyclic) bond motifs is 2. The minimum Gasteiger partial charge on any atom is -0.496 e. The van der Waals surface area contributed by atoms with Crippen LogP contribution < -0.4 is 23.8 Å². The van der Waals surface area contributed by atoms with Gasteiger partial charge in [-0.2, -0.15) is 4.57 Å². The molecule has 0 unspecified atom stereocenters. The van der Waals surface area contributed by atoms with Crippen LogP contribution in [-0.2, 0) is 7.05 Å². The van der Waals surface area contributed by atoms with Gasteiger partial charge in [-0.25, -0.2) is 0 Å². The topological polar surface area (TPSA) is 28.8 Å². The van der Waals surface area contributed by atoms with Crippen molar-refractivity contribution in [2.24, 2.45) is 7.05 Å². The highest BCUT2D eigenvalue weighted by molar-refractivity contribution is 6.14. The summed E-state index contributed by atoms with van der Waals surface area (Å²) in [5.41, 5.74) is 10.5. The van der Waals surface area contributed by atoms with Gasteiger partial charge in [0.2, 0.25) is 11.0 Å². The average Bonchev–Trinajstić information content (AvgIpc) is 2.78. The number of anilines is 2. The van der Waals surface area contributed by atoms with E-state index in [4.69, 9.17) is 9.47 Å². The van der Waals surface area contributed by atoms with Gasteiger partial charge in [-0.1, -0.05) is 17.7 Å². The summed E-state index contributed by atoms with van der Waals surface area (Å²) in [4.78, 5) is 4.23. The van der Waals surface area contributed by atoms with Gasteiger partial charge in [0.1, 0.15) is 18.5 Å². The molecule has 0 aliphatic rings. The molecule has 178 valence electrons. The van der Waals surface area contributed by atoms with Crippen molar-refractivity contribution >= 4 is 33.2 Å². The molecule has 34 heavy (non-hydrogen) atoms. The summed E-state index contributed by atoms with van der Waals surface area (Å²) in [6.07, 6.45) is 0. The van der Waals surface area contributed by atoms with Crippen molar-refractivity contribution in [2.75, 3.05) is 52.2 Å². The second-order valence-electron chi connectivity index (χ2n) is 9.58. The summed E-state index contributed by atoms with van der Waals surface area (Å²) >= 11 is 0. The summed E-state index contributed by atoms with van der Waals surface area (Å²) in [6.45, 7) is 6.54. The molecule has 1 heterocycles. The highest BCUT2D eigenvalue weighted by atomic mass is 16.5. The molecule has 0 aliphatic heterocycles. The zero-order chi connectivity index (χ0) is 24.9. The molecule has 0 atom stereocenters. The van der Waals surface area contributed by atoms with Gasteiger partial charge in [-0.05, 0) is 37.5 Å². The van der Waals surface area contributed by atoms with Gasteiger partial charge in [0.25, 0.3) is 0 Å². The molecule has 5 heteroatoms. The molecular weight excluding hydrogens is 422 g/mol. The van der Waals surface area contributed by atoms with E-state index in [1.54, 1.807) is 14.2 Å². The van der Waals surface area contributed by atoms with Crippen LogP contribution in [0.4, 0.5) is 11.4 Å². The van der Waals surface area contributed by atoms with E-state index in [0.717, 1.165) is 50.2 Å². The molecule has 0 N–H and O–H groups in total. The lowest BCUT2D eigenvalue weighted by atomic mass is 9.88. The van der Waals surface area contributed by atoms with Gasteiger partial charge in [0.15, 0.2) is 0 Å². The molecule has 3 aromatic carbocycles. The first-order valence-electron chi connectivity index (χ1n) is 11.6. The Hall–Kier alpha value is -3.47.